The van der Waals surface area contributed by atoms with Crippen molar-refractivity contribution in [2.75, 3.05) is 33.7 Å². The number of nitrogens with zero attached hydrogens (tertiary/aromatic N) is 3. The molecule has 4 fully saturated rings. The zero-order valence-electron chi connectivity index (χ0n) is 24.1. The molecule has 0 aromatic heterocycles. The number of amides is 2. The number of carbonyl (C=O) groups is 1. The molecule has 0 radical (unpaired) electrons. The van der Waals surface area contributed by atoms with Gasteiger partial charge in [-0.1, -0.05) is 67.1 Å². The van der Waals surface area contributed by atoms with Gasteiger partial charge < -0.3 is 14.5 Å². The summed E-state index contributed by atoms with van der Waals surface area (Å²) in [6, 6.07) is 21.8. The third-order valence-electron chi connectivity index (χ3n) is 10.9. The molecule has 0 N–H and O–H groups in total. The highest BCUT2D eigenvalue weighted by atomic mass is 16.5. The zero-order valence-corrected chi connectivity index (χ0v) is 24.1. The SMILES string of the molecule is CN(C)C1(c2ccccc2)CCC2(CC1)CN(CCC1(OCc3ccccc3)CCC1)C(=O)N2CC1CCC1. The normalized spacial score (nSPS) is 28.6. The van der Waals surface area contributed by atoms with Gasteiger partial charge in [0.15, 0.2) is 0 Å². The second-order valence-corrected chi connectivity index (χ2v) is 13.2. The second kappa shape index (κ2) is 10.9. The van der Waals surface area contributed by atoms with Crippen LogP contribution in [0.25, 0.3) is 0 Å². The van der Waals surface area contributed by atoms with Crippen molar-refractivity contribution in [1.82, 2.24) is 14.7 Å². The fraction of sp³-hybridized carbons (Fsp3) is 0.618. The Kier molecular flexibility index (Phi) is 7.49. The van der Waals surface area contributed by atoms with Crippen LogP contribution in [0, 0.1) is 5.92 Å². The minimum Gasteiger partial charge on any atom is -0.370 e. The quantitative estimate of drug-likeness (QED) is 0.339. The van der Waals surface area contributed by atoms with Crippen molar-refractivity contribution < 1.29 is 9.53 Å². The number of hydrogen-bond acceptors (Lipinski definition) is 3. The summed E-state index contributed by atoms with van der Waals surface area (Å²) in [4.78, 5) is 21.0. The average molecular weight is 530 g/mol. The number of hydrogen-bond donors (Lipinski definition) is 0. The molecular weight excluding hydrogens is 482 g/mol. The van der Waals surface area contributed by atoms with E-state index >= 15 is 0 Å². The van der Waals surface area contributed by atoms with Gasteiger partial charge in [0.25, 0.3) is 0 Å². The van der Waals surface area contributed by atoms with Gasteiger partial charge in [0, 0.05) is 25.2 Å². The standard InChI is InChI=1S/C34H47N3O2/c1-35(2)34(30-15-7-4-8-16-30)21-19-32(20-22-34)27-36(31(38)37(32)25-28-13-9-14-28)24-23-33(17-10-18-33)39-26-29-11-5-3-6-12-29/h3-8,11-12,15-16,28H,9-10,13-14,17-27H2,1-2H3. The molecule has 2 aromatic rings. The lowest BCUT2D eigenvalue weighted by atomic mass is 9.68. The Morgan fingerprint density at radius 2 is 1.54 bits per heavy atom. The first-order valence-corrected chi connectivity index (χ1v) is 15.4. The molecule has 210 valence electrons. The summed E-state index contributed by atoms with van der Waals surface area (Å²) >= 11 is 0. The van der Waals surface area contributed by atoms with Gasteiger partial charge in [0.1, 0.15) is 0 Å². The van der Waals surface area contributed by atoms with E-state index in [-0.39, 0.29) is 22.7 Å². The van der Waals surface area contributed by atoms with Crippen molar-refractivity contribution in [3.05, 3.63) is 71.8 Å². The van der Waals surface area contributed by atoms with E-state index in [1.54, 1.807) is 0 Å². The van der Waals surface area contributed by atoms with E-state index in [0.29, 0.717) is 12.5 Å². The molecule has 5 nitrogen and oxygen atoms in total. The first-order valence-electron chi connectivity index (χ1n) is 15.4. The molecule has 6 rings (SSSR count). The first kappa shape index (κ1) is 26.8. The topological polar surface area (TPSA) is 36.0 Å². The lowest BCUT2D eigenvalue weighted by molar-refractivity contribution is -0.116. The Balaban J connectivity index is 1.16. The van der Waals surface area contributed by atoms with Crippen molar-refractivity contribution in [2.24, 2.45) is 5.92 Å². The molecule has 0 unspecified atom stereocenters. The van der Waals surface area contributed by atoms with Gasteiger partial charge in [-0.15, -0.1) is 0 Å². The van der Waals surface area contributed by atoms with E-state index in [4.69, 9.17) is 4.74 Å². The lowest BCUT2D eigenvalue weighted by Crippen LogP contribution is -2.56. The van der Waals surface area contributed by atoms with Crippen molar-refractivity contribution in [1.29, 1.82) is 0 Å². The Bertz CT molecular complexity index is 1100. The highest BCUT2D eigenvalue weighted by Crippen LogP contribution is 2.50. The van der Waals surface area contributed by atoms with Crippen LogP contribution in [-0.2, 0) is 16.9 Å². The Morgan fingerprint density at radius 3 is 2.10 bits per heavy atom. The van der Waals surface area contributed by atoms with Gasteiger partial charge in [-0.05, 0) is 95.3 Å². The molecule has 1 heterocycles. The zero-order chi connectivity index (χ0) is 26.9. The molecule has 1 saturated heterocycles. The maximum absolute atomic E-state index is 14.0. The molecule has 2 aromatic carbocycles. The summed E-state index contributed by atoms with van der Waals surface area (Å²) in [6.07, 6.45) is 12.6. The monoisotopic (exact) mass is 529 g/mol. The third-order valence-corrected chi connectivity index (χ3v) is 10.9. The van der Waals surface area contributed by atoms with Crippen molar-refractivity contribution in [2.45, 2.75) is 93.9 Å². The maximum atomic E-state index is 14.0. The van der Waals surface area contributed by atoms with Gasteiger partial charge in [-0.2, -0.15) is 0 Å². The fourth-order valence-electron chi connectivity index (χ4n) is 7.75. The van der Waals surface area contributed by atoms with Gasteiger partial charge in [-0.3, -0.25) is 4.90 Å². The molecule has 5 heteroatoms. The van der Waals surface area contributed by atoms with Crippen LogP contribution >= 0.6 is 0 Å². The Morgan fingerprint density at radius 1 is 0.872 bits per heavy atom. The van der Waals surface area contributed by atoms with E-state index in [0.717, 1.165) is 64.6 Å². The highest BCUT2D eigenvalue weighted by molar-refractivity contribution is 5.78. The average Bonchev–Trinajstić information content (AvgIpc) is 3.17. The number of urea groups is 1. The number of rotatable bonds is 10. The minimum absolute atomic E-state index is 0.0291. The molecule has 0 bridgehead atoms. The van der Waals surface area contributed by atoms with Crippen LogP contribution in [0.5, 0.6) is 0 Å². The molecule has 4 aliphatic rings. The second-order valence-electron chi connectivity index (χ2n) is 13.2. The predicted octanol–water partition coefficient (Wildman–Crippen LogP) is 6.82. The summed E-state index contributed by atoms with van der Waals surface area (Å²) in [6.45, 7) is 3.31. The molecule has 3 saturated carbocycles. The highest BCUT2D eigenvalue weighted by Gasteiger charge is 2.55. The van der Waals surface area contributed by atoms with Crippen molar-refractivity contribution in [3.8, 4) is 0 Å². The molecule has 39 heavy (non-hydrogen) atoms. The fourth-order valence-corrected chi connectivity index (χ4v) is 7.75. The number of benzene rings is 2. The van der Waals surface area contributed by atoms with Crippen molar-refractivity contribution >= 4 is 6.03 Å². The Labute approximate surface area is 235 Å². The van der Waals surface area contributed by atoms with Crippen LogP contribution in [0.4, 0.5) is 4.79 Å². The summed E-state index contributed by atoms with van der Waals surface area (Å²) in [5.41, 5.74) is 2.60. The third kappa shape index (κ3) is 5.13. The van der Waals surface area contributed by atoms with E-state index in [1.807, 2.05) is 0 Å². The smallest absolute Gasteiger partial charge is 0.320 e. The van der Waals surface area contributed by atoms with E-state index in [1.165, 1.54) is 36.8 Å². The first-order chi connectivity index (χ1) is 18.9. The summed E-state index contributed by atoms with van der Waals surface area (Å²) < 4.78 is 6.55. The molecule has 3 aliphatic carbocycles. The van der Waals surface area contributed by atoms with Gasteiger partial charge in [0.2, 0.25) is 0 Å². The van der Waals surface area contributed by atoms with Crippen LogP contribution in [0.1, 0.15) is 81.8 Å². The molecule has 1 spiro atoms. The molecular formula is C34H47N3O2. The van der Waals surface area contributed by atoms with Crippen LogP contribution in [-0.4, -0.2) is 65.6 Å². The van der Waals surface area contributed by atoms with Crippen LogP contribution in [0.2, 0.25) is 0 Å². The van der Waals surface area contributed by atoms with E-state index < -0.39 is 0 Å². The van der Waals surface area contributed by atoms with Gasteiger partial charge in [-0.25, -0.2) is 4.79 Å². The number of ether oxygens (including phenoxy) is 1. The maximum Gasteiger partial charge on any atom is 0.320 e. The lowest BCUT2D eigenvalue weighted by Gasteiger charge is -2.51. The summed E-state index contributed by atoms with van der Waals surface area (Å²) in [5, 5.41) is 0. The molecule has 2 amide bonds. The largest absolute Gasteiger partial charge is 0.370 e. The minimum atomic E-state index is -0.0649. The van der Waals surface area contributed by atoms with Gasteiger partial charge in [0.05, 0.1) is 17.7 Å². The van der Waals surface area contributed by atoms with Crippen LogP contribution in [0.15, 0.2) is 60.7 Å². The van der Waals surface area contributed by atoms with Gasteiger partial charge >= 0.3 is 6.03 Å². The van der Waals surface area contributed by atoms with Crippen molar-refractivity contribution in [3.63, 3.8) is 0 Å². The molecule has 1 aliphatic heterocycles. The van der Waals surface area contributed by atoms with Crippen LogP contribution < -0.4 is 0 Å². The summed E-state index contributed by atoms with van der Waals surface area (Å²) in [5.74, 6) is 0.688. The Hall–Kier alpha value is -2.37. The van der Waals surface area contributed by atoms with Crippen LogP contribution in [0.3, 0.4) is 0 Å². The summed E-state index contributed by atoms with van der Waals surface area (Å²) in [7, 11) is 4.47. The molecule has 0 atom stereocenters. The predicted molar refractivity (Wildman–Crippen MR) is 156 cm³/mol. The number of carbonyl (C=O) groups excluding carboxylic acids is 1. The van der Waals surface area contributed by atoms with E-state index in [9.17, 15) is 4.79 Å². The van der Waals surface area contributed by atoms with E-state index in [2.05, 4.69) is 89.5 Å².